The number of amides is 2. The Morgan fingerprint density at radius 3 is 2.33 bits per heavy atom. The van der Waals surface area contributed by atoms with Gasteiger partial charge in [0.15, 0.2) is 0 Å². The lowest BCUT2D eigenvalue weighted by molar-refractivity contribution is -0.116. The number of anilines is 1. The normalized spacial score (nSPS) is 10.1. The summed E-state index contributed by atoms with van der Waals surface area (Å²) in [7, 11) is 0. The second kappa shape index (κ2) is 6.65. The zero-order chi connectivity index (χ0) is 15.2. The molecule has 108 valence electrons. The highest BCUT2D eigenvalue weighted by Crippen LogP contribution is 2.12. The van der Waals surface area contributed by atoms with E-state index in [-0.39, 0.29) is 18.1 Å². The molecule has 0 bridgehead atoms. The monoisotopic (exact) mass is 286 g/mol. The number of carbonyl (C=O) groups excluding carboxylic acids is 2. The lowest BCUT2D eigenvalue weighted by atomic mass is 10.1. The van der Waals surface area contributed by atoms with Gasteiger partial charge in [-0.1, -0.05) is 18.2 Å². The highest BCUT2D eigenvalue weighted by Gasteiger charge is 2.07. The maximum atomic E-state index is 13.4. The molecule has 0 spiro atoms. The molecular formula is C16H15FN2O2. The molecule has 0 unspecified atom stereocenters. The van der Waals surface area contributed by atoms with Crippen LogP contribution in [0.1, 0.15) is 22.3 Å². The molecule has 0 radical (unpaired) electrons. The van der Waals surface area contributed by atoms with Gasteiger partial charge in [0, 0.05) is 17.7 Å². The van der Waals surface area contributed by atoms with E-state index in [4.69, 9.17) is 5.73 Å². The van der Waals surface area contributed by atoms with Crippen molar-refractivity contribution in [2.45, 2.75) is 12.8 Å². The number of carbonyl (C=O) groups is 2. The SMILES string of the molecule is NC(=O)c1ccc(NC(=O)CCc2ccccc2F)cc1. The van der Waals surface area contributed by atoms with Gasteiger partial charge in [-0.15, -0.1) is 0 Å². The van der Waals surface area contributed by atoms with Crippen LogP contribution in [0.25, 0.3) is 0 Å². The number of aryl methyl sites for hydroxylation is 1. The highest BCUT2D eigenvalue weighted by atomic mass is 19.1. The first-order valence-corrected chi connectivity index (χ1v) is 6.49. The number of hydrogen-bond acceptors (Lipinski definition) is 2. The minimum Gasteiger partial charge on any atom is -0.366 e. The fourth-order valence-electron chi connectivity index (χ4n) is 1.89. The van der Waals surface area contributed by atoms with E-state index in [1.165, 1.54) is 18.2 Å². The van der Waals surface area contributed by atoms with Crippen LogP contribution >= 0.6 is 0 Å². The second-order valence-electron chi connectivity index (χ2n) is 4.58. The van der Waals surface area contributed by atoms with E-state index in [0.29, 0.717) is 23.2 Å². The van der Waals surface area contributed by atoms with Crippen LogP contribution in [0.2, 0.25) is 0 Å². The topological polar surface area (TPSA) is 72.2 Å². The molecule has 0 atom stereocenters. The molecule has 0 aromatic heterocycles. The molecule has 3 N–H and O–H groups in total. The first-order chi connectivity index (χ1) is 10.1. The second-order valence-corrected chi connectivity index (χ2v) is 4.58. The van der Waals surface area contributed by atoms with Crippen LogP contribution < -0.4 is 11.1 Å². The summed E-state index contributed by atoms with van der Waals surface area (Å²) in [4.78, 5) is 22.7. The predicted octanol–water partition coefficient (Wildman–Crippen LogP) is 2.50. The van der Waals surface area contributed by atoms with E-state index in [0.717, 1.165) is 0 Å². The van der Waals surface area contributed by atoms with Gasteiger partial charge in [-0.3, -0.25) is 9.59 Å². The Morgan fingerprint density at radius 2 is 1.71 bits per heavy atom. The smallest absolute Gasteiger partial charge is 0.248 e. The summed E-state index contributed by atoms with van der Waals surface area (Å²) in [5.74, 6) is -1.05. The number of benzene rings is 2. The van der Waals surface area contributed by atoms with Crippen molar-refractivity contribution in [1.82, 2.24) is 0 Å². The summed E-state index contributed by atoms with van der Waals surface area (Å²) in [6.07, 6.45) is 0.510. The van der Waals surface area contributed by atoms with Gasteiger partial charge in [-0.2, -0.15) is 0 Å². The summed E-state index contributed by atoms with van der Waals surface area (Å²) in [6, 6.07) is 12.6. The lowest BCUT2D eigenvalue weighted by Crippen LogP contribution is -2.14. The van der Waals surface area contributed by atoms with E-state index in [9.17, 15) is 14.0 Å². The van der Waals surface area contributed by atoms with Crippen molar-refractivity contribution in [3.8, 4) is 0 Å². The van der Waals surface area contributed by atoms with Crippen LogP contribution in [0.5, 0.6) is 0 Å². The van der Waals surface area contributed by atoms with E-state index in [1.807, 2.05) is 0 Å². The summed E-state index contributed by atoms with van der Waals surface area (Å²) < 4.78 is 13.4. The van der Waals surface area contributed by atoms with Crippen molar-refractivity contribution in [2.75, 3.05) is 5.32 Å². The maximum Gasteiger partial charge on any atom is 0.248 e. The molecule has 2 aromatic rings. The Morgan fingerprint density at radius 1 is 1.05 bits per heavy atom. The minimum atomic E-state index is -0.521. The molecule has 5 heteroatoms. The van der Waals surface area contributed by atoms with Crippen molar-refractivity contribution < 1.29 is 14.0 Å². The minimum absolute atomic E-state index is 0.179. The highest BCUT2D eigenvalue weighted by molar-refractivity contribution is 5.94. The molecule has 2 aromatic carbocycles. The predicted molar refractivity (Wildman–Crippen MR) is 78.3 cm³/mol. The van der Waals surface area contributed by atoms with Gasteiger partial charge >= 0.3 is 0 Å². The first-order valence-electron chi connectivity index (χ1n) is 6.49. The fraction of sp³-hybridized carbons (Fsp3) is 0.125. The van der Waals surface area contributed by atoms with Crippen molar-refractivity contribution in [3.63, 3.8) is 0 Å². The van der Waals surface area contributed by atoms with Crippen molar-refractivity contribution in [3.05, 3.63) is 65.5 Å². The van der Waals surface area contributed by atoms with E-state index < -0.39 is 5.91 Å². The summed E-state index contributed by atoms with van der Waals surface area (Å²) >= 11 is 0. The number of rotatable bonds is 5. The first kappa shape index (κ1) is 14.7. The molecule has 21 heavy (non-hydrogen) atoms. The summed E-state index contributed by atoms with van der Waals surface area (Å²) in [5.41, 5.74) is 6.58. The van der Waals surface area contributed by atoms with E-state index >= 15 is 0 Å². The Kier molecular flexibility index (Phi) is 4.66. The van der Waals surface area contributed by atoms with Gasteiger partial charge in [0.1, 0.15) is 5.82 Å². The Balaban J connectivity index is 1.90. The molecule has 0 saturated heterocycles. The molecule has 2 rings (SSSR count). The molecule has 0 saturated carbocycles. The Bertz CT molecular complexity index is 654. The molecule has 0 aliphatic rings. The average Bonchev–Trinajstić information content (AvgIpc) is 2.47. The maximum absolute atomic E-state index is 13.4. The number of halogens is 1. The van der Waals surface area contributed by atoms with Crippen LogP contribution in [-0.4, -0.2) is 11.8 Å². The lowest BCUT2D eigenvalue weighted by Gasteiger charge is -2.06. The van der Waals surface area contributed by atoms with Crippen molar-refractivity contribution >= 4 is 17.5 Å². The Labute approximate surface area is 121 Å². The average molecular weight is 286 g/mol. The summed E-state index contributed by atoms with van der Waals surface area (Å²) in [6.45, 7) is 0. The molecule has 0 aliphatic carbocycles. The third kappa shape index (κ3) is 4.14. The van der Waals surface area contributed by atoms with Crippen LogP contribution in [0, 0.1) is 5.82 Å². The molecule has 0 aliphatic heterocycles. The quantitative estimate of drug-likeness (QED) is 0.886. The number of primary amides is 1. The molecule has 4 nitrogen and oxygen atoms in total. The summed E-state index contributed by atoms with van der Waals surface area (Å²) in [5, 5.41) is 2.68. The van der Waals surface area contributed by atoms with Gasteiger partial charge < -0.3 is 11.1 Å². The molecule has 0 fully saturated rings. The van der Waals surface area contributed by atoms with Gasteiger partial charge in [-0.05, 0) is 42.3 Å². The zero-order valence-electron chi connectivity index (χ0n) is 11.3. The van der Waals surface area contributed by atoms with Gasteiger partial charge in [0.05, 0.1) is 0 Å². The van der Waals surface area contributed by atoms with E-state index in [1.54, 1.807) is 30.3 Å². The Hall–Kier alpha value is -2.69. The van der Waals surface area contributed by atoms with Crippen LogP contribution in [-0.2, 0) is 11.2 Å². The third-order valence-corrected chi connectivity index (χ3v) is 3.03. The fourth-order valence-corrected chi connectivity index (χ4v) is 1.89. The number of nitrogens with one attached hydrogen (secondary N) is 1. The van der Waals surface area contributed by atoms with Crippen molar-refractivity contribution in [2.24, 2.45) is 5.73 Å². The number of hydrogen-bond donors (Lipinski definition) is 2. The third-order valence-electron chi connectivity index (χ3n) is 3.03. The largest absolute Gasteiger partial charge is 0.366 e. The van der Waals surface area contributed by atoms with Gasteiger partial charge in [0.2, 0.25) is 11.8 Å². The van der Waals surface area contributed by atoms with Gasteiger partial charge in [0.25, 0.3) is 0 Å². The number of nitrogens with two attached hydrogens (primary N) is 1. The van der Waals surface area contributed by atoms with Gasteiger partial charge in [-0.25, -0.2) is 4.39 Å². The van der Waals surface area contributed by atoms with Crippen LogP contribution in [0.3, 0.4) is 0 Å². The standard InChI is InChI=1S/C16H15FN2O2/c17-14-4-2-1-3-11(14)7-10-15(20)19-13-8-5-12(6-9-13)16(18)21/h1-6,8-9H,7,10H2,(H2,18,21)(H,19,20). The van der Waals surface area contributed by atoms with Crippen LogP contribution in [0.15, 0.2) is 48.5 Å². The van der Waals surface area contributed by atoms with E-state index in [2.05, 4.69) is 5.32 Å². The molecule has 2 amide bonds. The zero-order valence-corrected chi connectivity index (χ0v) is 11.3. The van der Waals surface area contributed by atoms with Crippen molar-refractivity contribution in [1.29, 1.82) is 0 Å². The molecule has 0 heterocycles. The molecular weight excluding hydrogens is 271 g/mol. The van der Waals surface area contributed by atoms with Crippen LogP contribution in [0.4, 0.5) is 10.1 Å².